The number of guanidine groups is 1. The molecular formula is C17H21F3N6O. The molecule has 0 radical (unpaired) electrons. The number of benzene rings is 1. The number of aromatic nitrogens is 2. The summed E-state index contributed by atoms with van der Waals surface area (Å²) in [5.74, 6) is 1.27. The molecule has 0 aliphatic carbocycles. The minimum atomic E-state index is -4.50. The number of nitrogens with one attached hydrogen (secondary N) is 3. The van der Waals surface area contributed by atoms with Crippen molar-refractivity contribution in [3.8, 4) is 5.75 Å². The molecule has 1 heterocycles. The van der Waals surface area contributed by atoms with Crippen LogP contribution in [-0.4, -0.2) is 43.2 Å². The highest BCUT2D eigenvalue weighted by molar-refractivity contribution is 5.79. The molecule has 0 spiro atoms. The lowest BCUT2D eigenvalue weighted by molar-refractivity contribution is -0.141. The third kappa shape index (κ3) is 6.65. The van der Waals surface area contributed by atoms with Gasteiger partial charge in [-0.15, -0.1) is 0 Å². The fraction of sp³-hybridized carbons (Fsp3) is 0.353. The summed E-state index contributed by atoms with van der Waals surface area (Å²) < 4.78 is 42.9. The third-order valence-electron chi connectivity index (χ3n) is 3.49. The molecule has 0 amide bonds. The van der Waals surface area contributed by atoms with E-state index in [0.717, 1.165) is 23.6 Å². The Morgan fingerprint density at radius 3 is 2.48 bits per heavy atom. The molecule has 27 heavy (non-hydrogen) atoms. The maximum atomic E-state index is 12.6. The number of methoxy groups -OCH3 is 1. The minimum absolute atomic E-state index is 0.0761. The molecule has 7 nitrogen and oxygen atoms in total. The predicted octanol–water partition coefficient (Wildman–Crippen LogP) is 2.28. The first-order valence-electron chi connectivity index (χ1n) is 8.14. The van der Waals surface area contributed by atoms with E-state index in [4.69, 9.17) is 4.74 Å². The van der Waals surface area contributed by atoms with Gasteiger partial charge in [0.2, 0.25) is 5.95 Å². The molecule has 146 valence electrons. The average molecular weight is 382 g/mol. The molecule has 0 saturated heterocycles. The summed E-state index contributed by atoms with van der Waals surface area (Å²) >= 11 is 0. The number of ether oxygens (including phenoxy) is 1. The van der Waals surface area contributed by atoms with Crippen molar-refractivity contribution in [3.05, 3.63) is 47.8 Å². The summed E-state index contributed by atoms with van der Waals surface area (Å²) in [5, 5.41) is 8.93. The Hall–Kier alpha value is -3.04. The zero-order valence-electron chi connectivity index (χ0n) is 15.0. The molecular weight excluding hydrogens is 361 g/mol. The first kappa shape index (κ1) is 20.3. The van der Waals surface area contributed by atoms with Crippen LogP contribution >= 0.6 is 0 Å². The number of hydrogen-bond donors (Lipinski definition) is 3. The van der Waals surface area contributed by atoms with Crippen molar-refractivity contribution in [3.63, 3.8) is 0 Å². The summed E-state index contributed by atoms with van der Waals surface area (Å²) in [4.78, 5) is 11.3. The third-order valence-corrected chi connectivity index (χ3v) is 3.49. The van der Waals surface area contributed by atoms with E-state index in [1.54, 1.807) is 14.2 Å². The molecule has 0 saturated carbocycles. The molecule has 0 bridgehead atoms. The van der Waals surface area contributed by atoms with Crippen LogP contribution < -0.4 is 20.7 Å². The number of halogens is 3. The van der Waals surface area contributed by atoms with Crippen LogP contribution in [0.3, 0.4) is 0 Å². The minimum Gasteiger partial charge on any atom is -0.497 e. The Kier molecular flexibility index (Phi) is 7.21. The van der Waals surface area contributed by atoms with Crippen LogP contribution in [0.25, 0.3) is 0 Å². The van der Waals surface area contributed by atoms with Crippen LogP contribution in [0.1, 0.15) is 11.3 Å². The van der Waals surface area contributed by atoms with Gasteiger partial charge in [0.05, 0.1) is 7.11 Å². The quantitative estimate of drug-likeness (QED) is 0.387. The molecule has 0 unspecified atom stereocenters. The van der Waals surface area contributed by atoms with E-state index in [0.29, 0.717) is 25.6 Å². The van der Waals surface area contributed by atoms with Crippen molar-refractivity contribution in [1.29, 1.82) is 0 Å². The molecule has 1 aromatic carbocycles. The smallest absolute Gasteiger partial charge is 0.433 e. The van der Waals surface area contributed by atoms with Gasteiger partial charge in [0, 0.05) is 32.9 Å². The molecule has 0 atom stereocenters. The van der Waals surface area contributed by atoms with Crippen LogP contribution in [0.5, 0.6) is 5.75 Å². The molecule has 0 aliphatic rings. The van der Waals surface area contributed by atoms with E-state index in [1.807, 2.05) is 24.3 Å². The largest absolute Gasteiger partial charge is 0.497 e. The second kappa shape index (κ2) is 9.60. The first-order chi connectivity index (χ1) is 12.9. The highest BCUT2D eigenvalue weighted by atomic mass is 19.4. The highest BCUT2D eigenvalue weighted by Gasteiger charge is 2.32. The molecule has 2 aromatic rings. The van der Waals surface area contributed by atoms with E-state index in [2.05, 4.69) is 30.9 Å². The summed E-state index contributed by atoms with van der Waals surface area (Å²) in [7, 11) is 3.24. The lowest BCUT2D eigenvalue weighted by atomic mass is 10.2. The lowest BCUT2D eigenvalue weighted by Gasteiger charge is -2.13. The number of nitrogens with zero attached hydrogens (tertiary/aromatic N) is 3. The van der Waals surface area contributed by atoms with Crippen LogP contribution in [0.15, 0.2) is 41.5 Å². The fourth-order valence-electron chi connectivity index (χ4n) is 2.11. The van der Waals surface area contributed by atoms with E-state index in [9.17, 15) is 13.2 Å². The zero-order valence-corrected chi connectivity index (χ0v) is 15.0. The topological polar surface area (TPSA) is 83.5 Å². The molecule has 0 fully saturated rings. The number of aliphatic imine (C=N–C) groups is 1. The maximum Gasteiger partial charge on any atom is 0.433 e. The van der Waals surface area contributed by atoms with Gasteiger partial charge in [0.25, 0.3) is 0 Å². The average Bonchev–Trinajstić information content (AvgIpc) is 2.67. The van der Waals surface area contributed by atoms with Gasteiger partial charge in [-0.3, -0.25) is 4.99 Å². The van der Waals surface area contributed by atoms with Crippen LogP contribution in [-0.2, 0) is 12.7 Å². The summed E-state index contributed by atoms with van der Waals surface area (Å²) in [6.45, 7) is 1.31. The highest BCUT2D eigenvalue weighted by Crippen LogP contribution is 2.27. The molecule has 10 heteroatoms. The van der Waals surface area contributed by atoms with E-state index < -0.39 is 11.9 Å². The van der Waals surface area contributed by atoms with Crippen LogP contribution in [0.4, 0.5) is 19.1 Å². The second-order valence-corrected chi connectivity index (χ2v) is 5.39. The number of hydrogen-bond acceptors (Lipinski definition) is 5. The SMILES string of the molecule is CN=C(NCCNc1nccc(C(F)(F)F)n1)NCc1ccc(OC)cc1. The predicted molar refractivity (Wildman–Crippen MR) is 96.7 cm³/mol. The van der Waals surface area contributed by atoms with Crippen molar-refractivity contribution in [1.82, 2.24) is 20.6 Å². The van der Waals surface area contributed by atoms with Gasteiger partial charge < -0.3 is 20.7 Å². The normalized spacial score (nSPS) is 11.8. The Morgan fingerprint density at radius 2 is 1.85 bits per heavy atom. The van der Waals surface area contributed by atoms with Crippen molar-refractivity contribution >= 4 is 11.9 Å². The second-order valence-electron chi connectivity index (χ2n) is 5.39. The molecule has 1 aromatic heterocycles. The summed E-state index contributed by atoms with van der Waals surface area (Å²) in [6, 6.07) is 8.43. The summed E-state index contributed by atoms with van der Waals surface area (Å²) in [5.41, 5.74) is 0.0687. The van der Waals surface area contributed by atoms with Gasteiger partial charge in [-0.05, 0) is 23.8 Å². The molecule has 0 aliphatic heterocycles. The van der Waals surface area contributed by atoms with Crippen molar-refractivity contribution in [2.45, 2.75) is 12.7 Å². The van der Waals surface area contributed by atoms with Gasteiger partial charge in [-0.1, -0.05) is 12.1 Å². The Bertz CT molecular complexity index is 749. The van der Waals surface area contributed by atoms with E-state index in [1.165, 1.54) is 0 Å². The van der Waals surface area contributed by atoms with Gasteiger partial charge in [-0.2, -0.15) is 13.2 Å². The Labute approximate surface area is 155 Å². The monoisotopic (exact) mass is 382 g/mol. The van der Waals surface area contributed by atoms with Crippen molar-refractivity contribution < 1.29 is 17.9 Å². The summed E-state index contributed by atoms with van der Waals surface area (Å²) in [6.07, 6.45) is -3.42. The number of rotatable bonds is 7. The first-order valence-corrected chi connectivity index (χ1v) is 8.14. The van der Waals surface area contributed by atoms with Crippen molar-refractivity contribution in [2.75, 3.05) is 32.6 Å². The van der Waals surface area contributed by atoms with Crippen LogP contribution in [0.2, 0.25) is 0 Å². The van der Waals surface area contributed by atoms with E-state index in [-0.39, 0.29) is 5.95 Å². The van der Waals surface area contributed by atoms with E-state index >= 15 is 0 Å². The molecule has 2 rings (SSSR count). The van der Waals surface area contributed by atoms with Gasteiger partial charge in [-0.25, -0.2) is 9.97 Å². The van der Waals surface area contributed by atoms with Gasteiger partial charge >= 0.3 is 6.18 Å². The number of alkyl halides is 3. The Morgan fingerprint density at radius 1 is 1.11 bits per heavy atom. The standard InChI is InChI=1S/C17H21F3N6O/c1-21-15(25-11-12-3-5-13(27-2)6-4-12)23-9-10-24-16-22-8-7-14(26-16)17(18,19)20/h3-8H,9-11H2,1-2H3,(H2,21,23,25)(H,22,24,26). The maximum absolute atomic E-state index is 12.6. The van der Waals surface area contributed by atoms with Crippen LogP contribution in [0, 0.1) is 0 Å². The number of anilines is 1. The Balaban J connectivity index is 1.74. The van der Waals surface area contributed by atoms with Gasteiger partial charge in [0.1, 0.15) is 11.4 Å². The van der Waals surface area contributed by atoms with Gasteiger partial charge in [0.15, 0.2) is 5.96 Å². The van der Waals surface area contributed by atoms with Crippen molar-refractivity contribution in [2.24, 2.45) is 4.99 Å². The lowest BCUT2D eigenvalue weighted by Crippen LogP contribution is -2.39. The zero-order chi connectivity index (χ0) is 19.7. The fourth-order valence-corrected chi connectivity index (χ4v) is 2.11. The molecule has 3 N–H and O–H groups in total.